The van der Waals surface area contributed by atoms with Gasteiger partial charge in [-0.1, -0.05) is 0 Å². The van der Waals surface area contributed by atoms with Gasteiger partial charge in [0.05, 0.1) is 0 Å². The van der Waals surface area contributed by atoms with Crippen LogP contribution in [0.3, 0.4) is 0 Å². The van der Waals surface area contributed by atoms with E-state index in [1.54, 1.807) is 0 Å². The van der Waals surface area contributed by atoms with Crippen LogP contribution in [0, 0.1) is 0 Å². The van der Waals surface area contributed by atoms with Crippen molar-refractivity contribution in [2.24, 2.45) is 0 Å². The summed E-state index contributed by atoms with van der Waals surface area (Å²) in [5.41, 5.74) is 0. The molecule has 0 saturated heterocycles. The maximum atomic E-state index is 2.95. The Morgan fingerprint density at radius 3 is 2.40 bits per heavy atom. The zero-order valence-electron chi connectivity index (χ0n) is 3.36. The van der Waals surface area contributed by atoms with Crippen molar-refractivity contribution < 1.29 is 17.7 Å². The van der Waals surface area contributed by atoms with E-state index in [4.69, 9.17) is 0 Å². The fourth-order valence-electron chi connectivity index (χ4n) is 0.112. The monoisotopic (exact) mass is 109 g/mol. The third-order valence-electron chi connectivity index (χ3n) is 0.362. The Balaban J connectivity index is 2.19. The molecule has 0 aromatic carbocycles. The fourth-order valence-corrected chi connectivity index (χ4v) is 0.461. The standard InChI is InChI=1S/C3H8N.V/c1-2-3-4;/h4H,2-3H2,1H3;/q-1;+1. The fraction of sp³-hybridized carbons (Fsp3) is 1.00. The van der Waals surface area contributed by atoms with Crippen molar-refractivity contribution in [2.45, 2.75) is 13.3 Å². The number of rotatable bonds is 2. The molecule has 0 atom stereocenters. The Labute approximate surface area is 42.3 Å². The predicted octanol–water partition coefficient (Wildman–Crippen LogP) is 0.448. The minimum absolute atomic E-state index is 1.11. The van der Waals surface area contributed by atoms with E-state index in [-0.39, 0.29) is 0 Å². The summed E-state index contributed by atoms with van der Waals surface area (Å²) in [7, 11) is 0. The first kappa shape index (κ1) is 5.54. The van der Waals surface area contributed by atoms with Crippen LogP contribution >= 0.6 is 0 Å². The van der Waals surface area contributed by atoms with Crippen LogP contribution in [0.15, 0.2) is 0 Å². The molecule has 0 amide bonds. The van der Waals surface area contributed by atoms with Gasteiger partial charge in [-0.05, 0) is 0 Å². The first-order chi connectivity index (χ1) is 2.41. The van der Waals surface area contributed by atoms with E-state index in [0.717, 1.165) is 6.54 Å². The summed E-state index contributed by atoms with van der Waals surface area (Å²) in [6, 6.07) is 0. The molecule has 0 spiro atoms. The van der Waals surface area contributed by atoms with Crippen molar-refractivity contribution in [2.75, 3.05) is 6.54 Å². The van der Waals surface area contributed by atoms with Crippen molar-refractivity contribution >= 4 is 0 Å². The predicted molar refractivity (Wildman–Crippen MR) is 18.3 cm³/mol. The molecule has 0 bridgehead atoms. The summed E-state index contributed by atoms with van der Waals surface area (Å²) in [5, 5.41) is 0. The molecule has 1 nitrogen and oxygen atoms in total. The molecule has 0 saturated carbocycles. The molecule has 0 aromatic rings. The van der Waals surface area contributed by atoms with Gasteiger partial charge in [-0.15, -0.1) is 0 Å². The average Bonchev–Trinajstić information content (AvgIpc) is 1.41. The number of nitrogens with one attached hydrogen (secondary N) is 1. The molecule has 0 radical (unpaired) electrons. The van der Waals surface area contributed by atoms with E-state index in [9.17, 15) is 0 Å². The summed E-state index contributed by atoms with van der Waals surface area (Å²) in [6.07, 6.45) is 1.22. The van der Waals surface area contributed by atoms with Crippen LogP contribution in [0.2, 0.25) is 0 Å². The summed E-state index contributed by atoms with van der Waals surface area (Å²) in [4.78, 5) is 0. The van der Waals surface area contributed by atoms with Crippen molar-refractivity contribution in [3.8, 4) is 0 Å². The van der Waals surface area contributed by atoms with Crippen LogP contribution in [-0.4, -0.2) is 6.54 Å². The van der Waals surface area contributed by atoms with Gasteiger partial charge in [0.2, 0.25) is 0 Å². The minimum atomic E-state index is 1.11. The summed E-state index contributed by atoms with van der Waals surface area (Å²) >= 11 is 2.33. The van der Waals surface area contributed by atoms with Crippen LogP contribution in [0.1, 0.15) is 13.3 Å². The van der Waals surface area contributed by atoms with E-state index in [1.807, 2.05) is 0 Å². The van der Waals surface area contributed by atoms with Crippen molar-refractivity contribution in [1.29, 1.82) is 0 Å². The van der Waals surface area contributed by atoms with Gasteiger partial charge in [-0.25, -0.2) is 0 Å². The molecule has 2 heteroatoms. The molecule has 0 rings (SSSR count). The number of hydrogen-bond donors (Lipinski definition) is 1. The molecule has 0 aromatic heterocycles. The van der Waals surface area contributed by atoms with Gasteiger partial charge in [-0.2, -0.15) is 0 Å². The zero-order chi connectivity index (χ0) is 4.12. The SMILES string of the molecule is CCC[NH][V]. The van der Waals surface area contributed by atoms with Gasteiger partial charge >= 0.3 is 41.7 Å². The molecule has 5 heavy (non-hydrogen) atoms. The average molecular weight is 109 g/mol. The molecule has 30 valence electrons. The Bertz CT molecular complexity index is 14.4. The molecule has 0 aliphatic heterocycles. The van der Waals surface area contributed by atoms with E-state index in [2.05, 4.69) is 28.7 Å². The van der Waals surface area contributed by atoms with Gasteiger partial charge in [0.25, 0.3) is 0 Å². The molecule has 0 aliphatic rings. The summed E-state index contributed by atoms with van der Waals surface area (Å²) in [5.74, 6) is 0. The molecule has 0 fully saturated rings. The van der Waals surface area contributed by atoms with Gasteiger partial charge in [-0.3, -0.25) is 0 Å². The quantitative estimate of drug-likeness (QED) is 0.542. The Kier molecular flexibility index (Phi) is 5.04. The number of hydrogen-bond acceptors (Lipinski definition) is 1. The second-order valence-corrected chi connectivity index (χ2v) is 1.40. The third kappa shape index (κ3) is 4.54. The van der Waals surface area contributed by atoms with Crippen LogP contribution in [0.25, 0.3) is 0 Å². The van der Waals surface area contributed by atoms with Crippen molar-refractivity contribution in [1.82, 2.24) is 4.17 Å². The van der Waals surface area contributed by atoms with Crippen molar-refractivity contribution in [3.05, 3.63) is 0 Å². The Morgan fingerprint density at radius 1 is 1.80 bits per heavy atom. The Morgan fingerprint density at radius 2 is 2.40 bits per heavy atom. The van der Waals surface area contributed by atoms with Crippen LogP contribution in [0.4, 0.5) is 0 Å². The molecule has 0 aliphatic carbocycles. The van der Waals surface area contributed by atoms with E-state index in [1.165, 1.54) is 6.42 Å². The van der Waals surface area contributed by atoms with Crippen LogP contribution in [0.5, 0.6) is 0 Å². The van der Waals surface area contributed by atoms with Crippen LogP contribution in [-0.2, 0) is 17.7 Å². The zero-order valence-corrected chi connectivity index (χ0v) is 4.76. The molecule has 0 unspecified atom stereocenters. The maximum absolute atomic E-state index is 2.95. The summed E-state index contributed by atoms with van der Waals surface area (Å²) < 4.78 is 2.95. The molecular formula is C3H8NV. The molecule has 1 N–H and O–H groups in total. The molecule has 0 heterocycles. The van der Waals surface area contributed by atoms with E-state index < -0.39 is 0 Å². The molecular weight excluding hydrogens is 101 g/mol. The third-order valence-corrected chi connectivity index (χ3v) is 0.711. The van der Waals surface area contributed by atoms with E-state index >= 15 is 0 Å². The van der Waals surface area contributed by atoms with Crippen LogP contribution < -0.4 is 4.17 Å². The van der Waals surface area contributed by atoms with Gasteiger partial charge in [0.1, 0.15) is 0 Å². The van der Waals surface area contributed by atoms with Gasteiger partial charge in [0, 0.05) is 0 Å². The first-order valence-corrected chi connectivity index (χ1v) is 2.48. The Hall–Kier alpha value is 0.544. The topological polar surface area (TPSA) is 12.0 Å². The first-order valence-electron chi connectivity index (χ1n) is 1.78. The second kappa shape index (κ2) is 4.54. The summed E-state index contributed by atoms with van der Waals surface area (Å²) in [6.45, 7) is 3.25. The normalized spacial score (nSPS) is 8.20. The van der Waals surface area contributed by atoms with Gasteiger partial charge < -0.3 is 0 Å². The van der Waals surface area contributed by atoms with Crippen molar-refractivity contribution in [3.63, 3.8) is 0 Å². The van der Waals surface area contributed by atoms with E-state index in [0.29, 0.717) is 0 Å². The second-order valence-electron chi connectivity index (χ2n) is 0.908. The van der Waals surface area contributed by atoms with Gasteiger partial charge in [0.15, 0.2) is 0 Å².